The molecular formula is C19H15BrO. The summed E-state index contributed by atoms with van der Waals surface area (Å²) in [6.45, 7) is 2.04. The van der Waals surface area contributed by atoms with Gasteiger partial charge in [0, 0.05) is 16.5 Å². The van der Waals surface area contributed by atoms with E-state index in [0.717, 1.165) is 26.4 Å². The van der Waals surface area contributed by atoms with Gasteiger partial charge >= 0.3 is 0 Å². The second-order valence-electron chi connectivity index (χ2n) is 5.30. The van der Waals surface area contributed by atoms with Crippen molar-refractivity contribution in [2.75, 3.05) is 0 Å². The Labute approximate surface area is 132 Å². The highest BCUT2D eigenvalue weighted by atomic mass is 79.9. The fourth-order valence-electron chi connectivity index (χ4n) is 2.50. The summed E-state index contributed by atoms with van der Waals surface area (Å²) in [5.41, 5.74) is 3.02. The number of rotatable bonds is 3. The van der Waals surface area contributed by atoms with Crippen molar-refractivity contribution in [1.82, 2.24) is 0 Å². The zero-order chi connectivity index (χ0) is 14.8. The molecule has 2 heteroatoms. The molecule has 1 nitrogen and oxygen atoms in total. The maximum absolute atomic E-state index is 12.4. The molecule has 21 heavy (non-hydrogen) atoms. The highest BCUT2D eigenvalue weighted by molar-refractivity contribution is 9.10. The molecule has 0 radical (unpaired) electrons. The Morgan fingerprint density at radius 3 is 2.52 bits per heavy atom. The van der Waals surface area contributed by atoms with Crippen molar-refractivity contribution in [3.63, 3.8) is 0 Å². The van der Waals surface area contributed by atoms with Crippen molar-refractivity contribution in [2.45, 2.75) is 13.3 Å². The van der Waals surface area contributed by atoms with Gasteiger partial charge in [-0.05, 0) is 41.5 Å². The van der Waals surface area contributed by atoms with Gasteiger partial charge < -0.3 is 0 Å². The average molecular weight is 339 g/mol. The summed E-state index contributed by atoms with van der Waals surface area (Å²) in [7, 11) is 0. The first kappa shape index (κ1) is 14.0. The quantitative estimate of drug-likeness (QED) is 0.589. The molecule has 0 saturated heterocycles. The predicted molar refractivity (Wildman–Crippen MR) is 90.9 cm³/mol. The van der Waals surface area contributed by atoms with Crippen LogP contribution in [0.1, 0.15) is 21.5 Å². The van der Waals surface area contributed by atoms with Crippen molar-refractivity contribution in [2.24, 2.45) is 0 Å². The largest absolute Gasteiger partial charge is 0.294 e. The maximum Gasteiger partial charge on any atom is 0.167 e. The molecule has 0 aliphatic rings. The number of fused-ring (bicyclic) bond motifs is 1. The molecule has 0 bridgehead atoms. The molecule has 0 atom stereocenters. The number of carbonyl (C=O) groups is 1. The summed E-state index contributed by atoms with van der Waals surface area (Å²) in [5, 5.41) is 2.23. The second kappa shape index (κ2) is 5.82. The van der Waals surface area contributed by atoms with E-state index in [4.69, 9.17) is 0 Å². The number of hydrogen-bond donors (Lipinski definition) is 0. The summed E-state index contributed by atoms with van der Waals surface area (Å²) in [6, 6.07) is 20.1. The molecule has 0 saturated carbocycles. The van der Waals surface area contributed by atoms with E-state index >= 15 is 0 Å². The Kier molecular flexibility index (Phi) is 3.89. The summed E-state index contributed by atoms with van der Waals surface area (Å²) in [5.74, 6) is 0.158. The molecular weight excluding hydrogens is 324 g/mol. The van der Waals surface area contributed by atoms with Gasteiger partial charge in [-0.25, -0.2) is 0 Å². The van der Waals surface area contributed by atoms with E-state index in [9.17, 15) is 4.79 Å². The zero-order valence-electron chi connectivity index (χ0n) is 11.8. The Morgan fingerprint density at radius 1 is 0.952 bits per heavy atom. The molecule has 0 aromatic heterocycles. The van der Waals surface area contributed by atoms with Gasteiger partial charge in [-0.15, -0.1) is 0 Å². The molecule has 0 aliphatic heterocycles. The number of halogens is 1. The van der Waals surface area contributed by atoms with Crippen LogP contribution in [0.4, 0.5) is 0 Å². The van der Waals surface area contributed by atoms with Crippen LogP contribution in [0.2, 0.25) is 0 Å². The lowest BCUT2D eigenvalue weighted by molar-refractivity contribution is 0.0993. The number of carbonyl (C=O) groups excluding carboxylic acids is 1. The van der Waals surface area contributed by atoms with E-state index in [-0.39, 0.29) is 5.78 Å². The van der Waals surface area contributed by atoms with E-state index in [1.807, 2.05) is 55.5 Å². The molecule has 0 spiro atoms. The van der Waals surface area contributed by atoms with Gasteiger partial charge in [0.25, 0.3) is 0 Å². The second-order valence-corrected chi connectivity index (χ2v) is 6.21. The van der Waals surface area contributed by atoms with Crippen molar-refractivity contribution >= 4 is 32.5 Å². The first-order chi connectivity index (χ1) is 10.1. The lowest BCUT2D eigenvalue weighted by Gasteiger charge is -2.05. The standard InChI is InChI=1S/C19H15BrO/c1-13-3-2-4-14(9-13)10-19(21)17-6-5-16-12-18(20)8-7-15(16)11-17/h2-9,11-12H,10H2,1H3. The lowest BCUT2D eigenvalue weighted by atomic mass is 9.99. The van der Waals surface area contributed by atoms with Crippen molar-refractivity contribution < 1.29 is 4.79 Å². The Morgan fingerprint density at radius 2 is 1.71 bits per heavy atom. The number of ketones is 1. The Hall–Kier alpha value is -1.93. The van der Waals surface area contributed by atoms with Gasteiger partial charge in [-0.1, -0.05) is 64.0 Å². The van der Waals surface area contributed by atoms with Crippen LogP contribution in [0.25, 0.3) is 10.8 Å². The van der Waals surface area contributed by atoms with Crippen molar-refractivity contribution in [3.05, 3.63) is 81.8 Å². The van der Waals surface area contributed by atoms with Gasteiger partial charge in [0.05, 0.1) is 0 Å². The SMILES string of the molecule is Cc1cccc(CC(=O)c2ccc3cc(Br)ccc3c2)c1. The van der Waals surface area contributed by atoms with Gasteiger partial charge in [0.2, 0.25) is 0 Å². The van der Waals surface area contributed by atoms with Gasteiger partial charge in [-0.3, -0.25) is 4.79 Å². The molecule has 0 fully saturated rings. The fourth-order valence-corrected chi connectivity index (χ4v) is 2.88. The van der Waals surface area contributed by atoms with Crippen LogP contribution in [0.3, 0.4) is 0 Å². The molecule has 3 aromatic carbocycles. The fraction of sp³-hybridized carbons (Fsp3) is 0.105. The maximum atomic E-state index is 12.4. The van der Waals surface area contributed by atoms with E-state index in [1.165, 1.54) is 5.56 Å². The van der Waals surface area contributed by atoms with E-state index in [2.05, 4.69) is 28.1 Å². The number of aryl methyl sites for hydroxylation is 1. The topological polar surface area (TPSA) is 17.1 Å². The van der Waals surface area contributed by atoms with E-state index in [0.29, 0.717) is 6.42 Å². The van der Waals surface area contributed by atoms with Crippen molar-refractivity contribution in [1.29, 1.82) is 0 Å². The first-order valence-electron chi connectivity index (χ1n) is 6.90. The predicted octanol–water partition coefficient (Wildman–Crippen LogP) is 5.34. The van der Waals surface area contributed by atoms with Crippen LogP contribution in [0.15, 0.2) is 65.1 Å². The molecule has 3 aromatic rings. The summed E-state index contributed by atoms with van der Waals surface area (Å²) in [6.07, 6.45) is 0.448. The van der Waals surface area contributed by atoms with Gasteiger partial charge in [0.15, 0.2) is 5.78 Å². The summed E-state index contributed by atoms with van der Waals surface area (Å²) in [4.78, 5) is 12.4. The van der Waals surface area contributed by atoms with Crippen LogP contribution in [-0.2, 0) is 6.42 Å². The van der Waals surface area contributed by atoms with Crippen LogP contribution >= 0.6 is 15.9 Å². The molecule has 0 unspecified atom stereocenters. The molecule has 104 valence electrons. The highest BCUT2D eigenvalue weighted by Gasteiger charge is 2.08. The minimum Gasteiger partial charge on any atom is -0.294 e. The molecule has 0 N–H and O–H groups in total. The number of benzene rings is 3. The number of hydrogen-bond acceptors (Lipinski definition) is 1. The van der Waals surface area contributed by atoms with Crippen molar-refractivity contribution in [3.8, 4) is 0 Å². The smallest absolute Gasteiger partial charge is 0.167 e. The number of Topliss-reactive ketones (excluding diaryl/α,β-unsaturated/α-hetero) is 1. The monoisotopic (exact) mass is 338 g/mol. The molecule has 3 rings (SSSR count). The van der Waals surface area contributed by atoms with Crippen LogP contribution < -0.4 is 0 Å². The molecule has 0 amide bonds. The van der Waals surface area contributed by atoms with Gasteiger partial charge in [-0.2, -0.15) is 0 Å². The highest BCUT2D eigenvalue weighted by Crippen LogP contribution is 2.21. The lowest BCUT2D eigenvalue weighted by Crippen LogP contribution is -2.03. The third-order valence-electron chi connectivity index (χ3n) is 3.57. The van der Waals surface area contributed by atoms with Crippen LogP contribution in [0.5, 0.6) is 0 Å². The van der Waals surface area contributed by atoms with E-state index in [1.54, 1.807) is 0 Å². The van der Waals surface area contributed by atoms with Crippen LogP contribution in [-0.4, -0.2) is 5.78 Å². The summed E-state index contributed by atoms with van der Waals surface area (Å²) >= 11 is 3.46. The zero-order valence-corrected chi connectivity index (χ0v) is 13.4. The normalized spacial score (nSPS) is 10.8. The Bertz CT molecular complexity index is 821. The summed E-state index contributed by atoms with van der Waals surface area (Å²) < 4.78 is 1.05. The van der Waals surface area contributed by atoms with Crippen LogP contribution in [0, 0.1) is 6.92 Å². The van der Waals surface area contributed by atoms with E-state index < -0.39 is 0 Å². The van der Waals surface area contributed by atoms with Gasteiger partial charge in [0.1, 0.15) is 0 Å². The molecule has 0 aliphatic carbocycles. The average Bonchev–Trinajstić information content (AvgIpc) is 2.46. The third kappa shape index (κ3) is 3.22. The molecule has 0 heterocycles. The minimum absolute atomic E-state index is 0.158. The Balaban J connectivity index is 1.89. The minimum atomic E-state index is 0.158. The third-order valence-corrected chi connectivity index (χ3v) is 4.06. The first-order valence-corrected chi connectivity index (χ1v) is 7.69.